The molecule has 0 heterocycles. The summed E-state index contributed by atoms with van der Waals surface area (Å²) in [5.41, 5.74) is 3.67. The van der Waals surface area contributed by atoms with E-state index < -0.39 is 0 Å². The Hall–Kier alpha value is -1.15. The second kappa shape index (κ2) is 8.01. The molecule has 0 amide bonds. The average molecular weight is 423 g/mol. The summed E-state index contributed by atoms with van der Waals surface area (Å²) >= 11 is 0. The minimum atomic E-state index is 0.258. The molecule has 0 bridgehead atoms. The maximum absolute atomic E-state index is 12.4. The van der Waals surface area contributed by atoms with Crippen LogP contribution >= 0.6 is 0 Å². The van der Waals surface area contributed by atoms with Crippen LogP contribution in [0.1, 0.15) is 85.5 Å². The van der Waals surface area contributed by atoms with Gasteiger partial charge in [-0.3, -0.25) is 4.79 Å². The third-order valence-electron chi connectivity index (χ3n) is 10.4. The Morgan fingerprint density at radius 2 is 1.90 bits per heavy atom. The highest BCUT2D eigenvalue weighted by atomic mass is 16.5. The molecule has 31 heavy (non-hydrogen) atoms. The molecule has 0 saturated heterocycles. The van der Waals surface area contributed by atoms with Gasteiger partial charge in [0.25, 0.3) is 0 Å². The van der Waals surface area contributed by atoms with Crippen LogP contribution in [0.5, 0.6) is 0 Å². The van der Waals surface area contributed by atoms with E-state index in [1.807, 2.05) is 6.92 Å². The van der Waals surface area contributed by atoms with Crippen LogP contribution in [0.3, 0.4) is 0 Å². The second-order valence-corrected chi connectivity index (χ2v) is 12.1. The van der Waals surface area contributed by atoms with Crippen LogP contribution in [0.15, 0.2) is 35.5 Å². The minimum Gasteiger partial charge on any atom is -0.373 e. The lowest BCUT2D eigenvalue weighted by atomic mass is 9.47. The zero-order chi connectivity index (χ0) is 21.8. The standard InChI is InChI=1S/C29H42O2/c1-19-5-7-21(8-6-19)18-31-23-13-15-28(3)22(17-23)9-10-24-26-12-11-25(20(2)30)29(26,4)16-14-27(24)28/h5,7-9,19,23-27H,6,10-18H2,1-4H3. The van der Waals surface area contributed by atoms with E-state index in [2.05, 4.69) is 45.1 Å². The van der Waals surface area contributed by atoms with Crippen LogP contribution in [0.2, 0.25) is 0 Å². The summed E-state index contributed by atoms with van der Waals surface area (Å²) in [5.74, 6) is 3.76. The molecule has 0 radical (unpaired) electrons. The smallest absolute Gasteiger partial charge is 0.133 e. The Bertz CT molecular complexity index is 819. The molecule has 3 fully saturated rings. The lowest BCUT2D eigenvalue weighted by molar-refractivity contribution is -0.127. The fraction of sp³-hybridized carbons (Fsp3) is 0.759. The van der Waals surface area contributed by atoms with E-state index in [0.29, 0.717) is 29.1 Å². The molecule has 0 aromatic heterocycles. The summed E-state index contributed by atoms with van der Waals surface area (Å²) in [6, 6.07) is 0. The first-order valence-electron chi connectivity index (χ1n) is 13.0. The first-order valence-corrected chi connectivity index (χ1v) is 13.0. The van der Waals surface area contributed by atoms with Crippen LogP contribution in [-0.2, 0) is 9.53 Å². The van der Waals surface area contributed by atoms with Crippen molar-refractivity contribution < 1.29 is 9.53 Å². The first kappa shape index (κ1) is 21.7. The number of allylic oxidation sites excluding steroid dienone is 3. The van der Waals surface area contributed by atoms with Crippen molar-refractivity contribution in [2.24, 2.45) is 40.4 Å². The van der Waals surface area contributed by atoms with Gasteiger partial charge in [-0.15, -0.1) is 0 Å². The van der Waals surface area contributed by atoms with E-state index in [-0.39, 0.29) is 5.41 Å². The van der Waals surface area contributed by atoms with Crippen molar-refractivity contribution >= 4 is 5.78 Å². The van der Waals surface area contributed by atoms with E-state index in [0.717, 1.165) is 43.6 Å². The quantitative estimate of drug-likeness (QED) is 0.453. The number of hydrogen-bond donors (Lipinski definition) is 0. The van der Waals surface area contributed by atoms with Gasteiger partial charge < -0.3 is 4.74 Å². The summed E-state index contributed by atoms with van der Waals surface area (Å²) < 4.78 is 6.42. The summed E-state index contributed by atoms with van der Waals surface area (Å²) in [6.45, 7) is 9.91. The topological polar surface area (TPSA) is 26.3 Å². The molecule has 0 aromatic rings. The largest absolute Gasteiger partial charge is 0.373 e. The van der Waals surface area contributed by atoms with E-state index in [1.165, 1.54) is 44.1 Å². The van der Waals surface area contributed by atoms with Gasteiger partial charge in [-0.05, 0) is 105 Å². The van der Waals surface area contributed by atoms with Crippen molar-refractivity contribution in [3.63, 3.8) is 0 Å². The molecule has 5 rings (SSSR count). The van der Waals surface area contributed by atoms with E-state index in [4.69, 9.17) is 4.74 Å². The first-order chi connectivity index (χ1) is 14.8. The monoisotopic (exact) mass is 422 g/mol. The predicted molar refractivity (Wildman–Crippen MR) is 127 cm³/mol. The lowest BCUT2D eigenvalue weighted by Gasteiger charge is -2.58. The number of carbonyl (C=O) groups is 1. The van der Waals surface area contributed by atoms with Gasteiger partial charge in [0.05, 0.1) is 12.7 Å². The minimum absolute atomic E-state index is 0.258. The van der Waals surface area contributed by atoms with Crippen LogP contribution in [0.4, 0.5) is 0 Å². The van der Waals surface area contributed by atoms with Gasteiger partial charge >= 0.3 is 0 Å². The lowest BCUT2D eigenvalue weighted by Crippen LogP contribution is -2.51. The number of ether oxygens (including phenoxy) is 1. The van der Waals surface area contributed by atoms with Gasteiger partial charge in [0, 0.05) is 5.92 Å². The molecule has 0 aliphatic heterocycles. The highest BCUT2D eigenvalue weighted by Crippen LogP contribution is 2.66. The zero-order valence-electron chi connectivity index (χ0n) is 20.2. The van der Waals surface area contributed by atoms with Crippen molar-refractivity contribution in [1.29, 1.82) is 0 Å². The summed E-state index contributed by atoms with van der Waals surface area (Å²) in [5, 5.41) is 0. The fourth-order valence-corrected chi connectivity index (χ4v) is 8.53. The Kier molecular flexibility index (Phi) is 5.60. The molecule has 2 nitrogen and oxygen atoms in total. The molecule has 0 aromatic carbocycles. The normalized spacial score (nSPS) is 46.5. The Labute approximate surface area is 189 Å². The van der Waals surface area contributed by atoms with Crippen molar-refractivity contribution in [2.75, 3.05) is 6.61 Å². The number of hydrogen-bond acceptors (Lipinski definition) is 2. The van der Waals surface area contributed by atoms with Gasteiger partial charge in [0.2, 0.25) is 0 Å². The summed E-state index contributed by atoms with van der Waals surface area (Å²) in [4.78, 5) is 12.4. The zero-order valence-corrected chi connectivity index (χ0v) is 20.2. The van der Waals surface area contributed by atoms with E-state index in [9.17, 15) is 4.79 Å². The molecule has 8 unspecified atom stereocenters. The van der Waals surface area contributed by atoms with Crippen molar-refractivity contribution in [2.45, 2.75) is 91.6 Å². The maximum Gasteiger partial charge on any atom is 0.133 e. The molecule has 0 N–H and O–H groups in total. The number of fused-ring (bicyclic) bond motifs is 5. The molecule has 5 aliphatic carbocycles. The predicted octanol–water partition coefficient (Wildman–Crippen LogP) is 7.06. The molecule has 8 atom stereocenters. The van der Waals surface area contributed by atoms with Crippen molar-refractivity contribution in [1.82, 2.24) is 0 Å². The highest BCUT2D eigenvalue weighted by molar-refractivity contribution is 5.79. The van der Waals surface area contributed by atoms with E-state index in [1.54, 1.807) is 5.57 Å². The fourth-order valence-electron chi connectivity index (χ4n) is 8.53. The van der Waals surface area contributed by atoms with Crippen LogP contribution in [0, 0.1) is 40.4 Å². The van der Waals surface area contributed by atoms with Crippen LogP contribution in [0.25, 0.3) is 0 Å². The van der Waals surface area contributed by atoms with Crippen LogP contribution in [-0.4, -0.2) is 18.5 Å². The number of ketones is 1. The molecule has 2 heteroatoms. The Balaban J connectivity index is 1.27. The van der Waals surface area contributed by atoms with Gasteiger partial charge in [-0.2, -0.15) is 0 Å². The second-order valence-electron chi connectivity index (χ2n) is 12.1. The molecular weight excluding hydrogens is 380 g/mol. The van der Waals surface area contributed by atoms with Gasteiger partial charge in [-0.25, -0.2) is 0 Å². The number of rotatable bonds is 4. The van der Waals surface area contributed by atoms with Gasteiger partial charge in [0.15, 0.2) is 0 Å². The maximum atomic E-state index is 12.4. The molecule has 5 aliphatic rings. The van der Waals surface area contributed by atoms with Gasteiger partial charge in [0.1, 0.15) is 5.78 Å². The number of carbonyl (C=O) groups excluding carboxylic acids is 1. The SMILES string of the molecule is CC(=O)C1CCC2C3CC=C4CC(OCC5=CCC(C)C=C5)CCC4(C)C3CCC12C. The van der Waals surface area contributed by atoms with Crippen molar-refractivity contribution in [3.05, 3.63) is 35.5 Å². The van der Waals surface area contributed by atoms with Crippen molar-refractivity contribution in [3.8, 4) is 0 Å². The van der Waals surface area contributed by atoms with Gasteiger partial charge in [-0.1, -0.05) is 50.6 Å². The molecule has 0 spiro atoms. The van der Waals surface area contributed by atoms with E-state index >= 15 is 0 Å². The third-order valence-corrected chi connectivity index (χ3v) is 10.4. The van der Waals surface area contributed by atoms with Crippen LogP contribution < -0.4 is 0 Å². The Morgan fingerprint density at radius 1 is 1.06 bits per heavy atom. The summed E-state index contributed by atoms with van der Waals surface area (Å²) in [7, 11) is 0. The summed E-state index contributed by atoms with van der Waals surface area (Å²) in [6.07, 6.45) is 20.9. The number of Topliss-reactive ketones (excluding diaryl/α,β-unsaturated/α-hetero) is 1. The molecular formula is C29H42O2. The molecule has 3 saturated carbocycles. The average Bonchev–Trinajstić information content (AvgIpc) is 3.11. The Morgan fingerprint density at radius 3 is 2.65 bits per heavy atom. The highest BCUT2D eigenvalue weighted by Gasteiger charge is 2.59. The molecule has 170 valence electrons. The third kappa shape index (κ3) is 3.62.